The van der Waals surface area contributed by atoms with Gasteiger partial charge in [0.2, 0.25) is 0 Å². The molecule has 1 amide bonds. The maximum atomic E-state index is 13.2. The maximum absolute atomic E-state index is 13.2. The lowest BCUT2D eigenvalue weighted by molar-refractivity contribution is -0.123. The molecule has 1 fully saturated rings. The largest absolute Gasteiger partial charge is 0.481 e. The van der Waals surface area contributed by atoms with E-state index in [1.165, 1.54) is 12.1 Å². The van der Waals surface area contributed by atoms with Crippen molar-refractivity contribution in [1.29, 1.82) is 0 Å². The van der Waals surface area contributed by atoms with Gasteiger partial charge in [0.1, 0.15) is 0 Å². The summed E-state index contributed by atoms with van der Waals surface area (Å²) in [4.78, 5) is 11.5. The molecule has 106 valence electrons. The van der Waals surface area contributed by atoms with Gasteiger partial charge in [0.05, 0.1) is 0 Å². The molecule has 1 heterocycles. The standard InChI is InChI=1S/C13H17FN2O2.ClH/c14-11-5-1-2-6-12(11)18-9-13(17)16-8-10-4-3-7-15-10;/h1-2,5-6,10,15H,3-4,7-9H2,(H,16,17);1H. The molecule has 1 saturated heterocycles. The van der Waals surface area contributed by atoms with E-state index >= 15 is 0 Å². The number of carbonyl (C=O) groups is 1. The normalized spacial score (nSPS) is 17.6. The van der Waals surface area contributed by atoms with Crippen LogP contribution in [0.15, 0.2) is 24.3 Å². The third-order valence-corrected chi connectivity index (χ3v) is 2.90. The van der Waals surface area contributed by atoms with Crippen LogP contribution in [0.1, 0.15) is 12.8 Å². The Morgan fingerprint density at radius 1 is 1.47 bits per heavy atom. The first kappa shape index (κ1) is 15.7. The van der Waals surface area contributed by atoms with Crippen molar-refractivity contribution in [3.63, 3.8) is 0 Å². The second-order valence-corrected chi connectivity index (χ2v) is 4.32. The van der Waals surface area contributed by atoms with Crippen LogP contribution in [0.2, 0.25) is 0 Å². The molecule has 1 unspecified atom stereocenters. The number of para-hydroxylation sites is 1. The van der Waals surface area contributed by atoms with Gasteiger partial charge >= 0.3 is 0 Å². The van der Waals surface area contributed by atoms with Gasteiger partial charge in [-0.25, -0.2) is 4.39 Å². The highest BCUT2D eigenvalue weighted by Gasteiger charge is 2.14. The average molecular weight is 289 g/mol. The van der Waals surface area contributed by atoms with Gasteiger partial charge in [0.25, 0.3) is 5.91 Å². The summed E-state index contributed by atoms with van der Waals surface area (Å²) < 4.78 is 18.3. The molecule has 6 heteroatoms. The van der Waals surface area contributed by atoms with Gasteiger partial charge in [0.15, 0.2) is 18.2 Å². The van der Waals surface area contributed by atoms with E-state index in [-0.39, 0.29) is 30.7 Å². The van der Waals surface area contributed by atoms with Crippen molar-refractivity contribution in [2.24, 2.45) is 0 Å². The van der Waals surface area contributed by atoms with Crippen molar-refractivity contribution < 1.29 is 13.9 Å². The molecule has 1 aromatic rings. The highest BCUT2D eigenvalue weighted by atomic mass is 35.5. The number of halogens is 2. The monoisotopic (exact) mass is 288 g/mol. The summed E-state index contributed by atoms with van der Waals surface area (Å²) in [5, 5.41) is 6.04. The third kappa shape index (κ3) is 5.04. The number of hydrogen-bond acceptors (Lipinski definition) is 3. The minimum atomic E-state index is -0.456. The zero-order valence-electron chi connectivity index (χ0n) is 10.5. The topological polar surface area (TPSA) is 50.4 Å². The average Bonchev–Trinajstić information content (AvgIpc) is 2.88. The Morgan fingerprint density at radius 3 is 2.95 bits per heavy atom. The van der Waals surface area contributed by atoms with Crippen LogP contribution in [0.5, 0.6) is 5.75 Å². The van der Waals surface area contributed by atoms with Gasteiger partial charge in [-0.3, -0.25) is 4.79 Å². The van der Waals surface area contributed by atoms with Gasteiger partial charge in [0, 0.05) is 12.6 Å². The Bertz CT molecular complexity index is 411. The Hall–Kier alpha value is -1.33. The van der Waals surface area contributed by atoms with Crippen LogP contribution >= 0.6 is 12.4 Å². The quantitative estimate of drug-likeness (QED) is 0.863. The van der Waals surface area contributed by atoms with Gasteiger partial charge in [-0.05, 0) is 31.5 Å². The van der Waals surface area contributed by atoms with Crippen LogP contribution < -0.4 is 15.4 Å². The summed E-state index contributed by atoms with van der Waals surface area (Å²) in [6.07, 6.45) is 2.22. The lowest BCUT2D eigenvalue weighted by Gasteiger charge is -2.12. The summed E-state index contributed by atoms with van der Waals surface area (Å²) in [5.74, 6) is -0.582. The lowest BCUT2D eigenvalue weighted by Crippen LogP contribution is -2.39. The highest BCUT2D eigenvalue weighted by Crippen LogP contribution is 2.14. The number of amides is 1. The number of benzene rings is 1. The fraction of sp³-hybridized carbons (Fsp3) is 0.462. The van der Waals surface area contributed by atoms with E-state index in [0.29, 0.717) is 12.6 Å². The van der Waals surface area contributed by atoms with E-state index in [0.717, 1.165) is 19.4 Å². The van der Waals surface area contributed by atoms with Crippen molar-refractivity contribution in [2.45, 2.75) is 18.9 Å². The highest BCUT2D eigenvalue weighted by molar-refractivity contribution is 5.85. The fourth-order valence-electron chi connectivity index (χ4n) is 1.92. The first-order valence-corrected chi connectivity index (χ1v) is 6.13. The molecule has 2 N–H and O–H groups in total. The summed E-state index contributed by atoms with van der Waals surface area (Å²) in [7, 11) is 0. The molecule has 4 nitrogen and oxygen atoms in total. The summed E-state index contributed by atoms with van der Waals surface area (Å²) in [6.45, 7) is 1.44. The van der Waals surface area contributed by atoms with Crippen LogP contribution in [0.3, 0.4) is 0 Å². The first-order valence-electron chi connectivity index (χ1n) is 6.13. The Balaban J connectivity index is 0.00000180. The predicted molar refractivity (Wildman–Crippen MR) is 73.2 cm³/mol. The molecule has 1 atom stereocenters. The Morgan fingerprint density at radius 2 is 2.26 bits per heavy atom. The molecule has 19 heavy (non-hydrogen) atoms. The molecule has 0 spiro atoms. The molecule has 0 bridgehead atoms. The van der Waals surface area contributed by atoms with E-state index in [2.05, 4.69) is 10.6 Å². The number of carbonyl (C=O) groups excluding carboxylic acids is 1. The van der Waals surface area contributed by atoms with Gasteiger partial charge < -0.3 is 15.4 Å². The van der Waals surface area contributed by atoms with Crippen molar-refractivity contribution >= 4 is 18.3 Å². The van der Waals surface area contributed by atoms with Crippen molar-refractivity contribution in [1.82, 2.24) is 10.6 Å². The molecule has 1 aliphatic rings. The number of hydrogen-bond donors (Lipinski definition) is 2. The van der Waals surface area contributed by atoms with Gasteiger partial charge in [-0.2, -0.15) is 0 Å². The molecular weight excluding hydrogens is 271 g/mol. The zero-order valence-corrected chi connectivity index (χ0v) is 11.3. The van der Waals surface area contributed by atoms with Crippen LogP contribution in [0, 0.1) is 5.82 Å². The number of nitrogens with one attached hydrogen (secondary N) is 2. The molecule has 0 saturated carbocycles. The van der Waals surface area contributed by atoms with Gasteiger partial charge in [-0.15, -0.1) is 12.4 Å². The van der Waals surface area contributed by atoms with Crippen molar-refractivity contribution in [3.05, 3.63) is 30.1 Å². The van der Waals surface area contributed by atoms with Crippen molar-refractivity contribution in [2.75, 3.05) is 19.7 Å². The van der Waals surface area contributed by atoms with E-state index < -0.39 is 5.82 Å². The Labute approximate surface area is 118 Å². The molecule has 0 radical (unpaired) electrons. The lowest BCUT2D eigenvalue weighted by atomic mass is 10.2. The first-order chi connectivity index (χ1) is 8.75. The van der Waals surface area contributed by atoms with Crippen LogP contribution in [0.25, 0.3) is 0 Å². The molecule has 0 aromatic heterocycles. The van der Waals surface area contributed by atoms with E-state index in [4.69, 9.17) is 4.74 Å². The van der Waals surface area contributed by atoms with Crippen LogP contribution in [0.4, 0.5) is 4.39 Å². The zero-order chi connectivity index (χ0) is 12.8. The van der Waals surface area contributed by atoms with Crippen LogP contribution in [-0.2, 0) is 4.79 Å². The molecular formula is C13H18ClFN2O2. The summed E-state index contributed by atoms with van der Waals surface area (Å²) >= 11 is 0. The van der Waals surface area contributed by atoms with E-state index in [1.807, 2.05) is 0 Å². The SMILES string of the molecule is Cl.O=C(COc1ccccc1F)NCC1CCCN1. The minimum absolute atomic E-state index is 0. The van der Waals surface area contributed by atoms with Crippen LogP contribution in [-0.4, -0.2) is 31.6 Å². The molecule has 1 aliphatic heterocycles. The number of ether oxygens (including phenoxy) is 1. The van der Waals surface area contributed by atoms with E-state index in [9.17, 15) is 9.18 Å². The predicted octanol–water partition coefficient (Wildman–Crippen LogP) is 1.49. The van der Waals surface area contributed by atoms with E-state index in [1.54, 1.807) is 12.1 Å². The molecule has 0 aliphatic carbocycles. The van der Waals surface area contributed by atoms with Gasteiger partial charge in [-0.1, -0.05) is 12.1 Å². The molecule has 1 aromatic carbocycles. The summed E-state index contributed by atoms with van der Waals surface area (Å²) in [6, 6.07) is 6.39. The fourth-order valence-corrected chi connectivity index (χ4v) is 1.92. The second kappa shape index (κ2) is 7.96. The molecule has 2 rings (SSSR count). The number of rotatable bonds is 5. The van der Waals surface area contributed by atoms with Crippen molar-refractivity contribution in [3.8, 4) is 5.75 Å². The summed E-state index contributed by atoms with van der Waals surface area (Å²) in [5.41, 5.74) is 0. The maximum Gasteiger partial charge on any atom is 0.257 e. The smallest absolute Gasteiger partial charge is 0.257 e. The Kier molecular flexibility index (Phi) is 6.59. The third-order valence-electron chi connectivity index (χ3n) is 2.90. The minimum Gasteiger partial charge on any atom is -0.481 e. The second-order valence-electron chi connectivity index (χ2n) is 4.32.